The van der Waals surface area contributed by atoms with Crippen molar-refractivity contribution in [1.29, 1.82) is 0 Å². The number of aromatic nitrogens is 3. The molecule has 1 aromatic carbocycles. The Morgan fingerprint density at radius 2 is 2.07 bits per heavy atom. The third-order valence-corrected chi connectivity index (χ3v) is 4.78. The summed E-state index contributed by atoms with van der Waals surface area (Å²) in [6.07, 6.45) is 2.91. The molecule has 1 amide bonds. The van der Waals surface area contributed by atoms with Crippen LogP contribution in [0.3, 0.4) is 0 Å². The Morgan fingerprint density at radius 1 is 1.33 bits per heavy atom. The minimum Gasteiger partial charge on any atom is -0.348 e. The van der Waals surface area contributed by atoms with Gasteiger partial charge in [0, 0.05) is 32.4 Å². The third kappa shape index (κ3) is 4.09. The van der Waals surface area contributed by atoms with Crippen molar-refractivity contribution in [1.82, 2.24) is 25.0 Å². The zero-order valence-corrected chi connectivity index (χ0v) is 16.1. The Hall–Kier alpha value is -2.93. The van der Waals surface area contributed by atoms with Gasteiger partial charge in [0.05, 0.1) is 11.6 Å². The summed E-state index contributed by atoms with van der Waals surface area (Å²) in [5, 5.41) is 7.28. The first-order valence-electron chi connectivity index (χ1n) is 8.96. The van der Waals surface area contributed by atoms with Gasteiger partial charge in [0.25, 0.3) is 5.91 Å². The number of carbonyl (C=O) groups excluding carboxylic acids is 1. The quantitative estimate of drug-likeness (QED) is 0.698. The van der Waals surface area contributed by atoms with Gasteiger partial charge in [-0.2, -0.15) is 5.10 Å². The van der Waals surface area contributed by atoms with E-state index >= 15 is 0 Å². The van der Waals surface area contributed by atoms with E-state index in [4.69, 9.17) is 0 Å². The zero-order chi connectivity index (χ0) is 19.6. The lowest BCUT2D eigenvalue weighted by Crippen LogP contribution is -2.28. The van der Waals surface area contributed by atoms with Gasteiger partial charge in [-0.15, -0.1) is 0 Å². The second-order valence-corrected chi connectivity index (χ2v) is 7.07. The molecule has 0 aliphatic rings. The third-order valence-electron chi connectivity index (χ3n) is 4.78. The first kappa shape index (κ1) is 18.8. The fourth-order valence-corrected chi connectivity index (χ4v) is 2.88. The highest BCUT2D eigenvalue weighted by molar-refractivity contribution is 5.96. The number of carbonyl (C=O) groups is 1. The molecule has 2 N–H and O–H groups in total. The Kier molecular flexibility index (Phi) is 5.41. The van der Waals surface area contributed by atoms with E-state index in [-0.39, 0.29) is 11.0 Å². The lowest BCUT2D eigenvalue weighted by molar-refractivity contribution is 0.0949. The number of hydrogen-bond donors (Lipinski definition) is 2. The van der Waals surface area contributed by atoms with Crippen LogP contribution in [-0.4, -0.2) is 38.7 Å². The molecule has 0 saturated carbocycles. The molecule has 0 spiro atoms. The molecule has 0 saturated heterocycles. The smallest absolute Gasteiger partial charge is 0.257 e. The summed E-state index contributed by atoms with van der Waals surface area (Å²) in [5.74, 6) is -0.397. The highest BCUT2D eigenvalue weighted by Crippen LogP contribution is 2.10. The normalized spacial score (nSPS) is 11.5. The summed E-state index contributed by atoms with van der Waals surface area (Å²) < 4.78 is 1.57. The van der Waals surface area contributed by atoms with Crippen molar-refractivity contribution < 1.29 is 4.79 Å². The predicted molar refractivity (Wildman–Crippen MR) is 106 cm³/mol. The maximum Gasteiger partial charge on any atom is 0.257 e. The molecule has 0 aliphatic carbocycles. The summed E-state index contributed by atoms with van der Waals surface area (Å²) >= 11 is 0. The first-order valence-corrected chi connectivity index (χ1v) is 8.96. The van der Waals surface area contributed by atoms with Crippen molar-refractivity contribution in [3.63, 3.8) is 0 Å². The van der Waals surface area contributed by atoms with E-state index in [0.717, 1.165) is 12.1 Å². The van der Waals surface area contributed by atoms with Crippen LogP contribution >= 0.6 is 0 Å². The number of hydrogen-bond acceptors (Lipinski definition) is 4. The molecule has 0 aliphatic heterocycles. The van der Waals surface area contributed by atoms with E-state index in [1.807, 2.05) is 12.1 Å². The summed E-state index contributed by atoms with van der Waals surface area (Å²) in [5.41, 5.74) is 2.55. The minimum absolute atomic E-state index is 0.0891. The molecule has 0 fully saturated rings. The van der Waals surface area contributed by atoms with Crippen LogP contribution in [-0.2, 0) is 20.1 Å². The largest absolute Gasteiger partial charge is 0.348 e. The molecule has 0 radical (unpaired) electrons. The molecule has 2 aromatic heterocycles. The number of nitrogens with one attached hydrogen (secondary N) is 2. The Morgan fingerprint density at radius 3 is 2.81 bits per heavy atom. The average Bonchev–Trinajstić information content (AvgIpc) is 3.02. The van der Waals surface area contributed by atoms with Crippen LogP contribution in [0.25, 0.3) is 11.0 Å². The van der Waals surface area contributed by atoms with Crippen LogP contribution in [0.2, 0.25) is 0 Å². The van der Waals surface area contributed by atoms with Gasteiger partial charge in [0.15, 0.2) is 0 Å². The number of rotatable bonds is 6. The van der Waals surface area contributed by atoms with Gasteiger partial charge in [-0.1, -0.05) is 24.3 Å². The summed E-state index contributed by atoms with van der Waals surface area (Å²) in [6.45, 7) is 5.51. The van der Waals surface area contributed by atoms with Gasteiger partial charge in [-0.3, -0.25) is 19.2 Å². The van der Waals surface area contributed by atoms with Gasteiger partial charge < -0.3 is 10.3 Å². The first-order chi connectivity index (χ1) is 12.9. The van der Waals surface area contributed by atoms with Crippen molar-refractivity contribution >= 4 is 16.9 Å². The topological polar surface area (TPSA) is 83.0 Å². The van der Waals surface area contributed by atoms with Crippen LogP contribution in [0.1, 0.15) is 35.3 Å². The van der Waals surface area contributed by atoms with E-state index in [9.17, 15) is 9.59 Å². The molecule has 3 aromatic rings. The van der Waals surface area contributed by atoms with Crippen LogP contribution in [0, 0.1) is 0 Å². The summed E-state index contributed by atoms with van der Waals surface area (Å²) in [4.78, 5) is 30.2. The van der Waals surface area contributed by atoms with Gasteiger partial charge in [-0.25, -0.2) is 0 Å². The van der Waals surface area contributed by atoms with E-state index in [1.165, 1.54) is 18.0 Å². The number of amides is 1. The highest BCUT2D eigenvalue weighted by Gasteiger charge is 2.14. The number of pyridine rings is 1. The molecule has 142 valence electrons. The van der Waals surface area contributed by atoms with Crippen molar-refractivity contribution in [2.45, 2.75) is 33.0 Å². The molecule has 7 heteroatoms. The van der Waals surface area contributed by atoms with Gasteiger partial charge in [-0.05, 0) is 32.0 Å². The van der Waals surface area contributed by atoms with Crippen LogP contribution in [0.4, 0.5) is 0 Å². The van der Waals surface area contributed by atoms with E-state index in [2.05, 4.69) is 53.3 Å². The predicted octanol–water partition coefficient (Wildman–Crippen LogP) is 2.03. The number of aryl methyl sites for hydroxylation is 1. The monoisotopic (exact) mass is 367 g/mol. The second kappa shape index (κ2) is 7.75. The van der Waals surface area contributed by atoms with Crippen LogP contribution in [0.5, 0.6) is 0 Å². The number of nitrogens with zero attached hydrogens (tertiary/aromatic N) is 3. The molecule has 2 heterocycles. The SMILES string of the molecule is CC(C)N(C)Cc1cccc(CNC(=O)c2c[nH]c3c(cnn3C)c2=O)c1. The maximum absolute atomic E-state index is 12.5. The van der Waals surface area contributed by atoms with E-state index in [0.29, 0.717) is 23.6 Å². The molecule has 0 unspecified atom stereocenters. The Bertz CT molecular complexity index is 1020. The zero-order valence-electron chi connectivity index (χ0n) is 16.1. The fraction of sp³-hybridized carbons (Fsp3) is 0.350. The highest BCUT2D eigenvalue weighted by atomic mass is 16.2. The summed E-state index contributed by atoms with van der Waals surface area (Å²) in [7, 11) is 3.82. The van der Waals surface area contributed by atoms with E-state index in [1.54, 1.807) is 11.7 Å². The van der Waals surface area contributed by atoms with Crippen molar-refractivity contribution in [3.05, 3.63) is 63.6 Å². The van der Waals surface area contributed by atoms with Gasteiger partial charge in [0.1, 0.15) is 11.2 Å². The number of benzene rings is 1. The number of H-pyrrole nitrogens is 1. The number of aromatic amines is 1. The molecule has 7 nitrogen and oxygen atoms in total. The van der Waals surface area contributed by atoms with Crippen molar-refractivity contribution in [2.24, 2.45) is 7.05 Å². The Labute approximate surface area is 158 Å². The second-order valence-electron chi connectivity index (χ2n) is 7.07. The molecular formula is C20H25N5O2. The standard InChI is InChI=1S/C20H25N5O2/c1-13(2)24(3)12-15-7-5-6-14(8-15)9-22-20(27)17-10-21-19-16(18(17)26)11-23-25(19)4/h5-8,10-11,13H,9,12H2,1-4H3,(H,21,26)(H,22,27). The lowest BCUT2D eigenvalue weighted by Gasteiger charge is -2.21. The Balaban J connectivity index is 1.71. The summed E-state index contributed by atoms with van der Waals surface area (Å²) in [6, 6.07) is 8.56. The van der Waals surface area contributed by atoms with Gasteiger partial charge >= 0.3 is 0 Å². The molecule has 3 rings (SSSR count). The minimum atomic E-state index is -0.397. The lowest BCUT2D eigenvalue weighted by atomic mass is 10.1. The van der Waals surface area contributed by atoms with Crippen LogP contribution < -0.4 is 10.7 Å². The molecule has 27 heavy (non-hydrogen) atoms. The molecular weight excluding hydrogens is 342 g/mol. The van der Waals surface area contributed by atoms with Crippen LogP contribution in [0.15, 0.2) is 41.5 Å². The fourth-order valence-electron chi connectivity index (χ4n) is 2.88. The molecule has 0 atom stereocenters. The van der Waals surface area contributed by atoms with E-state index < -0.39 is 5.91 Å². The molecule has 0 bridgehead atoms. The van der Waals surface area contributed by atoms with Crippen molar-refractivity contribution in [3.8, 4) is 0 Å². The van der Waals surface area contributed by atoms with Gasteiger partial charge in [0.2, 0.25) is 5.43 Å². The maximum atomic E-state index is 12.5. The van der Waals surface area contributed by atoms with Crippen molar-refractivity contribution in [2.75, 3.05) is 7.05 Å². The number of fused-ring (bicyclic) bond motifs is 1. The average molecular weight is 367 g/mol.